The lowest BCUT2D eigenvalue weighted by Gasteiger charge is -2.36. The average molecular weight is 507 g/mol. The van der Waals surface area contributed by atoms with Gasteiger partial charge >= 0.3 is 6.03 Å². The molecule has 2 heterocycles. The van der Waals surface area contributed by atoms with Crippen LogP contribution >= 0.6 is 0 Å². The summed E-state index contributed by atoms with van der Waals surface area (Å²) in [6.45, 7) is 5.53. The second kappa shape index (κ2) is 13.0. The summed E-state index contributed by atoms with van der Waals surface area (Å²) in [5.74, 6) is 2.16. The number of anilines is 1. The van der Waals surface area contributed by atoms with Gasteiger partial charge in [-0.1, -0.05) is 31.9 Å². The fourth-order valence-electron chi connectivity index (χ4n) is 4.61. The van der Waals surface area contributed by atoms with E-state index in [4.69, 9.17) is 14.2 Å². The van der Waals surface area contributed by atoms with Crippen LogP contribution < -0.4 is 19.1 Å². The minimum atomic E-state index is -0.0143. The zero-order chi connectivity index (χ0) is 26.0. The molecule has 0 bridgehead atoms. The molecule has 1 aliphatic rings. The molecule has 4 rings (SSSR count). The van der Waals surface area contributed by atoms with Gasteiger partial charge < -0.3 is 23.7 Å². The van der Waals surface area contributed by atoms with E-state index in [0.29, 0.717) is 37.7 Å². The number of aryl methyl sites for hydroxylation is 2. The van der Waals surface area contributed by atoms with Crippen LogP contribution in [0.5, 0.6) is 17.2 Å². The van der Waals surface area contributed by atoms with Crippen molar-refractivity contribution in [2.45, 2.75) is 52.1 Å². The number of rotatable bonds is 13. The fourth-order valence-corrected chi connectivity index (χ4v) is 4.61. The van der Waals surface area contributed by atoms with Gasteiger partial charge in [0.05, 0.1) is 33.7 Å². The lowest BCUT2D eigenvalue weighted by molar-refractivity contribution is 0.191. The fraction of sp³-hybridized carbons (Fsp3) is 0.448. The SMILES string of the molecule is CCCCCOc1cc(N2CCCN(Cc3ccc(CCn4ccnc4)cc3OC)C2=O)ccc1OC. The van der Waals surface area contributed by atoms with Gasteiger partial charge in [-0.25, -0.2) is 9.78 Å². The van der Waals surface area contributed by atoms with E-state index >= 15 is 0 Å². The molecule has 2 aromatic carbocycles. The smallest absolute Gasteiger partial charge is 0.324 e. The van der Waals surface area contributed by atoms with Gasteiger partial charge in [0.25, 0.3) is 0 Å². The van der Waals surface area contributed by atoms with Crippen LogP contribution in [0.4, 0.5) is 10.5 Å². The molecule has 0 unspecified atom stereocenters. The predicted molar refractivity (Wildman–Crippen MR) is 145 cm³/mol. The third-order valence-corrected chi connectivity index (χ3v) is 6.71. The first-order valence-corrected chi connectivity index (χ1v) is 13.1. The van der Waals surface area contributed by atoms with E-state index in [-0.39, 0.29) is 6.03 Å². The molecule has 0 aliphatic carbocycles. The molecule has 1 saturated heterocycles. The molecule has 8 heteroatoms. The standard InChI is InChI=1S/C29H38N4O4/c1-4-5-6-18-37-28-20-25(10-11-26(28)35-2)33-15-7-14-32(29(33)34)21-24-9-8-23(19-27(24)36-3)12-16-31-17-13-30-22-31/h8-11,13,17,19-20,22H,4-7,12,14-16,18,21H2,1-3H3. The van der Waals surface area contributed by atoms with Crippen molar-refractivity contribution in [3.63, 3.8) is 0 Å². The van der Waals surface area contributed by atoms with Gasteiger partial charge in [-0.15, -0.1) is 0 Å². The van der Waals surface area contributed by atoms with E-state index in [2.05, 4.69) is 34.7 Å². The normalized spacial score (nSPS) is 13.6. The molecule has 0 N–H and O–H groups in total. The molecule has 0 spiro atoms. The van der Waals surface area contributed by atoms with Gasteiger partial charge in [0.1, 0.15) is 5.75 Å². The first kappa shape index (κ1) is 26.4. The summed E-state index contributed by atoms with van der Waals surface area (Å²) in [5, 5.41) is 0. The summed E-state index contributed by atoms with van der Waals surface area (Å²) in [5.41, 5.74) is 3.01. The van der Waals surface area contributed by atoms with Gasteiger partial charge in [-0.3, -0.25) is 4.90 Å². The Hall–Kier alpha value is -3.68. The Morgan fingerprint density at radius 1 is 0.973 bits per heavy atom. The average Bonchev–Trinajstić information content (AvgIpc) is 3.45. The minimum Gasteiger partial charge on any atom is -0.496 e. The number of urea groups is 1. The van der Waals surface area contributed by atoms with Gasteiger partial charge in [0.2, 0.25) is 0 Å². The Labute approximate surface area is 219 Å². The first-order chi connectivity index (χ1) is 18.1. The van der Waals surface area contributed by atoms with Crippen molar-refractivity contribution in [1.29, 1.82) is 0 Å². The maximum Gasteiger partial charge on any atom is 0.324 e. The molecule has 0 radical (unpaired) electrons. The van der Waals surface area contributed by atoms with Crippen LogP contribution in [-0.2, 0) is 19.5 Å². The Morgan fingerprint density at radius 3 is 2.59 bits per heavy atom. The number of hydrogen-bond acceptors (Lipinski definition) is 5. The minimum absolute atomic E-state index is 0.0143. The Bertz CT molecular complexity index is 1150. The second-order valence-corrected chi connectivity index (χ2v) is 9.30. The maximum atomic E-state index is 13.5. The zero-order valence-electron chi connectivity index (χ0n) is 22.2. The van der Waals surface area contributed by atoms with Gasteiger partial charge in [-0.05, 0) is 43.0 Å². The van der Waals surface area contributed by atoms with Crippen molar-refractivity contribution in [1.82, 2.24) is 14.5 Å². The summed E-state index contributed by atoms with van der Waals surface area (Å²) < 4.78 is 19.3. The molecule has 1 aromatic heterocycles. The van der Waals surface area contributed by atoms with Gasteiger partial charge in [-0.2, -0.15) is 0 Å². The van der Waals surface area contributed by atoms with Crippen molar-refractivity contribution >= 4 is 11.7 Å². The zero-order valence-corrected chi connectivity index (χ0v) is 22.2. The maximum absolute atomic E-state index is 13.5. The molecular weight excluding hydrogens is 468 g/mol. The predicted octanol–water partition coefficient (Wildman–Crippen LogP) is 5.54. The highest BCUT2D eigenvalue weighted by atomic mass is 16.5. The number of benzene rings is 2. The van der Waals surface area contributed by atoms with Crippen LogP contribution in [0.25, 0.3) is 0 Å². The Balaban J connectivity index is 1.44. The number of amides is 2. The molecule has 8 nitrogen and oxygen atoms in total. The third-order valence-electron chi connectivity index (χ3n) is 6.71. The molecule has 198 valence electrons. The summed E-state index contributed by atoms with van der Waals surface area (Å²) in [7, 11) is 3.32. The molecule has 0 saturated carbocycles. The largest absolute Gasteiger partial charge is 0.496 e. The number of nitrogens with zero attached hydrogens (tertiary/aromatic N) is 4. The number of carbonyl (C=O) groups excluding carboxylic acids is 1. The Kier molecular flexibility index (Phi) is 9.29. The lowest BCUT2D eigenvalue weighted by atomic mass is 10.1. The summed E-state index contributed by atoms with van der Waals surface area (Å²) in [4.78, 5) is 21.3. The number of ether oxygens (including phenoxy) is 3. The molecule has 1 aliphatic heterocycles. The summed E-state index contributed by atoms with van der Waals surface area (Å²) in [6, 6.07) is 12.0. The third kappa shape index (κ3) is 6.76. The topological polar surface area (TPSA) is 69.1 Å². The number of imidazole rings is 1. The van der Waals surface area contributed by atoms with Crippen LogP contribution in [0.3, 0.4) is 0 Å². The van der Waals surface area contributed by atoms with E-state index in [1.54, 1.807) is 20.4 Å². The van der Waals surface area contributed by atoms with Crippen LogP contribution in [-0.4, -0.2) is 54.4 Å². The number of aromatic nitrogens is 2. The lowest BCUT2D eigenvalue weighted by Crippen LogP contribution is -2.49. The van der Waals surface area contributed by atoms with Crippen LogP contribution in [0.2, 0.25) is 0 Å². The van der Waals surface area contributed by atoms with E-state index in [9.17, 15) is 4.79 Å². The number of unbranched alkanes of at least 4 members (excludes halogenated alkanes) is 2. The number of hydrogen-bond donors (Lipinski definition) is 0. The first-order valence-electron chi connectivity index (χ1n) is 13.1. The summed E-state index contributed by atoms with van der Waals surface area (Å²) >= 11 is 0. The molecule has 1 fully saturated rings. The highest BCUT2D eigenvalue weighted by molar-refractivity contribution is 5.93. The van der Waals surface area contributed by atoms with Crippen molar-refractivity contribution in [2.24, 2.45) is 0 Å². The van der Waals surface area contributed by atoms with Gasteiger partial charge in [0.15, 0.2) is 11.5 Å². The van der Waals surface area contributed by atoms with E-state index in [0.717, 1.165) is 55.6 Å². The monoisotopic (exact) mass is 506 g/mol. The van der Waals surface area contributed by atoms with Gasteiger partial charge in [0, 0.05) is 49.3 Å². The van der Waals surface area contributed by atoms with Crippen LogP contribution in [0, 0.1) is 0 Å². The number of carbonyl (C=O) groups is 1. The van der Waals surface area contributed by atoms with E-state index in [1.807, 2.05) is 40.5 Å². The second-order valence-electron chi connectivity index (χ2n) is 9.30. The van der Waals surface area contributed by atoms with Crippen molar-refractivity contribution in [2.75, 3.05) is 38.8 Å². The van der Waals surface area contributed by atoms with Crippen molar-refractivity contribution in [3.8, 4) is 17.2 Å². The van der Waals surface area contributed by atoms with E-state index in [1.165, 1.54) is 5.56 Å². The molecule has 3 aromatic rings. The van der Waals surface area contributed by atoms with Crippen LogP contribution in [0.1, 0.15) is 43.7 Å². The molecule has 2 amide bonds. The van der Waals surface area contributed by atoms with Crippen LogP contribution in [0.15, 0.2) is 55.1 Å². The molecule has 37 heavy (non-hydrogen) atoms. The quantitative estimate of drug-likeness (QED) is 0.285. The highest BCUT2D eigenvalue weighted by Gasteiger charge is 2.28. The van der Waals surface area contributed by atoms with Crippen molar-refractivity contribution < 1.29 is 19.0 Å². The Morgan fingerprint density at radius 2 is 1.84 bits per heavy atom. The summed E-state index contributed by atoms with van der Waals surface area (Å²) in [6.07, 6.45) is 10.6. The van der Waals surface area contributed by atoms with Crippen molar-refractivity contribution in [3.05, 3.63) is 66.2 Å². The number of methoxy groups -OCH3 is 2. The highest BCUT2D eigenvalue weighted by Crippen LogP contribution is 2.34. The molecular formula is C29H38N4O4. The van der Waals surface area contributed by atoms with E-state index < -0.39 is 0 Å². The molecule has 0 atom stereocenters.